The third kappa shape index (κ3) is 12.1. The number of hydrogen-bond acceptors (Lipinski definition) is 10. The average molecular weight is 441 g/mol. The Hall–Kier alpha value is -1.50. The van der Waals surface area contributed by atoms with Crippen LogP contribution in [-0.2, 0) is 28.7 Å². The predicted octanol–water partition coefficient (Wildman–Crippen LogP) is -0.772. The zero-order valence-electron chi connectivity index (χ0n) is 16.0. The lowest BCUT2D eigenvalue weighted by Crippen LogP contribution is -2.44. The lowest BCUT2D eigenvalue weighted by Gasteiger charge is -2.15. The molecule has 162 valence electrons. The van der Waals surface area contributed by atoms with E-state index in [0.29, 0.717) is 11.5 Å². The van der Waals surface area contributed by atoms with Crippen LogP contribution in [-0.4, -0.2) is 84.0 Å². The van der Waals surface area contributed by atoms with Crippen molar-refractivity contribution in [3.8, 4) is 0 Å². The van der Waals surface area contributed by atoms with Gasteiger partial charge in [-0.05, 0) is 13.8 Å². The maximum absolute atomic E-state index is 11.7. The molecule has 0 aromatic carbocycles. The first-order valence-corrected chi connectivity index (χ1v) is 11.3. The van der Waals surface area contributed by atoms with Crippen molar-refractivity contribution in [3.05, 3.63) is 0 Å². The van der Waals surface area contributed by atoms with Gasteiger partial charge in [0.15, 0.2) is 12.1 Å². The number of carbonyl (C=O) groups is 4. The molecule has 0 fully saturated rings. The molecule has 0 bridgehead atoms. The second-order valence-corrected chi connectivity index (χ2v) is 7.96. The van der Waals surface area contributed by atoms with Gasteiger partial charge in [-0.1, -0.05) is 21.6 Å². The van der Waals surface area contributed by atoms with Gasteiger partial charge in [0.1, 0.15) is 0 Å². The maximum atomic E-state index is 11.7. The second-order valence-electron chi connectivity index (χ2n) is 5.25. The van der Waals surface area contributed by atoms with Gasteiger partial charge in [-0.3, -0.25) is 9.59 Å². The van der Waals surface area contributed by atoms with E-state index in [9.17, 15) is 19.2 Å². The number of esters is 2. The molecule has 0 heterocycles. The van der Waals surface area contributed by atoms with Crippen molar-refractivity contribution in [2.24, 2.45) is 0 Å². The minimum absolute atomic E-state index is 0.134. The number of amides is 2. The Kier molecular flexibility index (Phi) is 15.6. The molecule has 0 saturated carbocycles. The van der Waals surface area contributed by atoms with Crippen molar-refractivity contribution < 1.29 is 38.9 Å². The smallest absolute Gasteiger partial charge is 0.331 e. The van der Waals surface area contributed by atoms with E-state index >= 15 is 0 Å². The molecule has 2 atom stereocenters. The van der Waals surface area contributed by atoms with E-state index in [0.717, 1.165) is 0 Å². The average Bonchev–Trinajstić information content (AvgIpc) is 2.67. The van der Waals surface area contributed by atoms with Crippen LogP contribution in [0.4, 0.5) is 0 Å². The van der Waals surface area contributed by atoms with Gasteiger partial charge < -0.3 is 30.3 Å². The monoisotopic (exact) mass is 440 g/mol. The third-order valence-electron chi connectivity index (χ3n) is 3.09. The normalized spacial score (nSPS) is 12.6. The zero-order chi connectivity index (χ0) is 21.4. The molecule has 28 heavy (non-hydrogen) atoms. The molecule has 12 heteroatoms. The molecular formula is C16H28N2O8S2. The fourth-order valence-electron chi connectivity index (χ4n) is 1.76. The topological polar surface area (TPSA) is 151 Å². The lowest BCUT2D eigenvalue weighted by molar-refractivity contribution is -0.149. The van der Waals surface area contributed by atoms with Crippen molar-refractivity contribution in [1.82, 2.24) is 10.6 Å². The van der Waals surface area contributed by atoms with Crippen molar-refractivity contribution >= 4 is 45.3 Å². The Balaban J connectivity index is 3.93. The summed E-state index contributed by atoms with van der Waals surface area (Å²) in [5, 5.41) is 23.0. The Morgan fingerprint density at radius 3 is 1.43 bits per heavy atom. The zero-order valence-corrected chi connectivity index (χ0v) is 17.6. The van der Waals surface area contributed by atoms with Crippen LogP contribution >= 0.6 is 21.6 Å². The highest BCUT2D eigenvalue weighted by Gasteiger charge is 2.21. The molecule has 0 unspecified atom stereocenters. The third-order valence-corrected chi connectivity index (χ3v) is 5.49. The van der Waals surface area contributed by atoms with Crippen LogP contribution < -0.4 is 10.6 Å². The van der Waals surface area contributed by atoms with Crippen LogP contribution in [0.2, 0.25) is 0 Å². The van der Waals surface area contributed by atoms with E-state index in [1.165, 1.54) is 21.6 Å². The molecule has 0 rings (SSSR count). The van der Waals surface area contributed by atoms with Crippen molar-refractivity contribution in [2.45, 2.75) is 38.8 Å². The predicted molar refractivity (Wildman–Crippen MR) is 105 cm³/mol. The van der Waals surface area contributed by atoms with E-state index in [1.807, 2.05) is 0 Å². The first kappa shape index (κ1) is 26.5. The van der Waals surface area contributed by atoms with E-state index in [4.69, 9.17) is 19.7 Å². The largest absolute Gasteiger partial charge is 0.464 e. The molecule has 0 radical (unpaired) electrons. The highest BCUT2D eigenvalue weighted by Crippen LogP contribution is 2.22. The summed E-state index contributed by atoms with van der Waals surface area (Å²) in [5.74, 6) is -1.26. The number of aliphatic hydroxyl groups excluding tert-OH is 2. The first-order valence-electron chi connectivity index (χ1n) is 8.77. The van der Waals surface area contributed by atoms with Gasteiger partial charge in [0, 0.05) is 24.3 Å². The van der Waals surface area contributed by atoms with E-state index < -0.39 is 49.1 Å². The standard InChI is InChI=1S/C16H28N2O8S2/c1-3-25-15(23)11(9-19)17-13(21)5-7-27-28-8-6-14(22)18-12(10-20)16(24)26-4-2/h11-12,19-20H,3-10H2,1-2H3,(H,17,21)(H,18,22)/t11-,12-/m0/s1. The summed E-state index contributed by atoms with van der Waals surface area (Å²) in [6, 6.07) is -2.15. The Bertz CT molecular complexity index is 463. The summed E-state index contributed by atoms with van der Waals surface area (Å²) in [6.07, 6.45) is 0.268. The molecule has 0 aliphatic heterocycles. The minimum atomic E-state index is -1.08. The lowest BCUT2D eigenvalue weighted by atomic mass is 10.3. The molecule has 0 spiro atoms. The SMILES string of the molecule is CCOC(=O)[C@H](CO)NC(=O)CCSSCCC(=O)N[C@@H](CO)C(=O)OCC. The van der Waals surface area contributed by atoms with Crippen LogP contribution in [0, 0.1) is 0 Å². The molecule has 0 aromatic heterocycles. The van der Waals surface area contributed by atoms with Crippen LogP contribution in [0.15, 0.2) is 0 Å². The molecule has 0 aliphatic carbocycles. The summed E-state index contributed by atoms with van der Waals surface area (Å²) in [5.41, 5.74) is 0. The first-order chi connectivity index (χ1) is 13.4. The molecular weight excluding hydrogens is 412 g/mol. The second kappa shape index (κ2) is 16.5. The van der Waals surface area contributed by atoms with Crippen molar-refractivity contribution in [2.75, 3.05) is 37.9 Å². The van der Waals surface area contributed by atoms with Crippen LogP contribution in [0.3, 0.4) is 0 Å². The van der Waals surface area contributed by atoms with Crippen LogP contribution in [0.25, 0.3) is 0 Å². The molecule has 0 saturated heterocycles. The highest BCUT2D eigenvalue weighted by molar-refractivity contribution is 8.76. The molecule has 0 aromatic rings. The summed E-state index contributed by atoms with van der Waals surface area (Å²) in [6.45, 7) is 2.49. The summed E-state index contributed by atoms with van der Waals surface area (Å²) in [7, 11) is 2.74. The number of ether oxygens (including phenoxy) is 2. The number of nitrogens with one attached hydrogen (secondary N) is 2. The fourth-order valence-corrected chi connectivity index (χ4v) is 3.74. The van der Waals surface area contributed by atoms with Crippen LogP contribution in [0.1, 0.15) is 26.7 Å². The number of aliphatic hydroxyl groups is 2. The summed E-state index contributed by atoms with van der Waals surface area (Å²) in [4.78, 5) is 46.5. The fraction of sp³-hybridized carbons (Fsp3) is 0.750. The van der Waals surface area contributed by atoms with Gasteiger partial charge in [-0.25, -0.2) is 9.59 Å². The van der Waals surface area contributed by atoms with Gasteiger partial charge in [-0.15, -0.1) is 0 Å². The quantitative estimate of drug-likeness (QED) is 0.145. The number of carbonyl (C=O) groups excluding carboxylic acids is 4. The van der Waals surface area contributed by atoms with E-state index in [1.54, 1.807) is 13.8 Å². The molecule has 10 nitrogen and oxygen atoms in total. The molecule has 0 aliphatic rings. The number of hydrogen-bond donors (Lipinski definition) is 4. The maximum Gasteiger partial charge on any atom is 0.331 e. The minimum Gasteiger partial charge on any atom is -0.464 e. The molecule has 2 amide bonds. The summed E-state index contributed by atoms with van der Waals surface area (Å²) < 4.78 is 9.47. The molecule has 4 N–H and O–H groups in total. The van der Waals surface area contributed by atoms with E-state index in [-0.39, 0.29) is 26.1 Å². The Morgan fingerprint density at radius 1 is 0.786 bits per heavy atom. The van der Waals surface area contributed by atoms with Crippen LogP contribution in [0.5, 0.6) is 0 Å². The van der Waals surface area contributed by atoms with Gasteiger partial charge >= 0.3 is 11.9 Å². The van der Waals surface area contributed by atoms with Gasteiger partial charge in [0.2, 0.25) is 11.8 Å². The van der Waals surface area contributed by atoms with Gasteiger partial charge in [0.25, 0.3) is 0 Å². The Morgan fingerprint density at radius 2 is 1.14 bits per heavy atom. The van der Waals surface area contributed by atoms with Crippen molar-refractivity contribution in [1.29, 1.82) is 0 Å². The van der Waals surface area contributed by atoms with E-state index in [2.05, 4.69) is 10.6 Å². The highest BCUT2D eigenvalue weighted by atomic mass is 33.1. The van der Waals surface area contributed by atoms with Crippen molar-refractivity contribution in [3.63, 3.8) is 0 Å². The number of rotatable bonds is 15. The van der Waals surface area contributed by atoms with Gasteiger partial charge in [0.05, 0.1) is 26.4 Å². The Labute approximate surface area is 171 Å². The van der Waals surface area contributed by atoms with Gasteiger partial charge in [-0.2, -0.15) is 0 Å². The summed E-state index contributed by atoms with van der Waals surface area (Å²) >= 11 is 0.